The van der Waals surface area contributed by atoms with E-state index in [0.717, 1.165) is 56.9 Å². The molecule has 1 amide bonds. The van der Waals surface area contributed by atoms with Crippen LogP contribution in [-0.4, -0.2) is 51.2 Å². The summed E-state index contributed by atoms with van der Waals surface area (Å²) in [6.07, 6.45) is 9.09. The lowest BCUT2D eigenvalue weighted by Gasteiger charge is -2.53. The van der Waals surface area contributed by atoms with E-state index in [1.807, 2.05) is 24.9 Å². The summed E-state index contributed by atoms with van der Waals surface area (Å²) in [7, 11) is -1.46. The first kappa shape index (κ1) is 23.3. The largest absolute Gasteiger partial charge is 0.489 e. The average Bonchev–Trinajstić information content (AvgIpc) is 3.65. The second-order valence-electron chi connectivity index (χ2n) is 10.1. The Balaban J connectivity index is 1.38. The Bertz CT molecular complexity index is 955. The van der Waals surface area contributed by atoms with Gasteiger partial charge in [-0.2, -0.15) is 0 Å². The maximum atomic E-state index is 13.2. The monoisotopic (exact) mass is 460 g/mol. The number of rotatable bonds is 9. The van der Waals surface area contributed by atoms with Gasteiger partial charge in [0.1, 0.15) is 12.4 Å². The molecule has 1 aromatic rings. The van der Waals surface area contributed by atoms with E-state index in [1.54, 1.807) is 24.3 Å². The highest BCUT2D eigenvalue weighted by Gasteiger charge is 2.55. The van der Waals surface area contributed by atoms with Gasteiger partial charge in [0, 0.05) is 25.0 Å². The molecule has 2 bridgehead atoms. The molecule has 0 heterocycles. The third-order valence-corrected chi connectivity index (χ3v) is 10.0. The van der Waals surface area contributed by atoms with Crippen molar-refractivity contribution in [1.82, 2.24) is 4.90 Å². The summed E-state index contributed by atoms with van der Waals surface area (Å²) in [4.78, 5) is 15.4. The van der Waals surface area contributed by atoms with Crippen LogP contribution in [0.2, 0.25) is 0 Å². The molecule has 5 rings (SSSR count). The number of amides is 1. The summed E-state index contributed by atoms with van der Waals surface area (Å²) >= 11 is 0. The van der Waals surface area contributed by atoms with Gasteiger partial charge in [-0.3, -0.25) is 4.79 Å². The summed E-state index contributed by atoms with van der Waals surface area (Å²) in [5.41, 5.74) is 6.20. The van der Waals surface area contributed by atoms with Crippen LogP contribution in [0.3, 0.4) is 0 Å². The quantitative estimate of drug-likeness (QED) is 0.568. The molecule has 0 unspecified atom stereocenters. The Morgan fingerprint density at radius 3 is 2.22 bits per heavy atom. The van der Waals surface area contributed by atoms with E-state index in [-0.39, 0.29) is 16.6 Å². The van der Waals surface area contributed by atoms with Gasteiger partial charge in [-0.15, -0.1) is 0 Å². The number of hydrogen-bond donors (Lipinski definition) is 1. The maximum absolute atomic E-state index is 13.2. The number of allylic oxidation sites excluding steroid dienone is 1. The molecule has 0 aliphatic heterocycles. The predicted octanol–water partition coefficient (Wildman–Crippen LogP) is 3.71. The Labute approximate surface area is 192 Å². The van der Waals surface area contributed by atoms with Gasteiger partial charge in [0.15, 0.2) is 9.84 Å². The highest BCUT2D eigenvalue weighted by Crippen LogP contribution is 2.58. The van der Waals surface area contributed by atoms with Gasteiger partial charge in [0.05, 0.1) is 10.6 Å². The summed E-state index contributed by atoms with van der Waals surface area (Å²) in [6, 6.07) is 7.14. The minimum Gasteiger partial charge on any atom is -0.489 e. The van der Waals surface area contributed by atoms with Crippen LogP contribution in [0, 0.1) is 10.8 Å². The SMILES string of the molecule is C/C=C(\CN)COc1ccc(S(=O)(=O)CC23CCC(C(=O)N(C)C4CC4)(CC2)CC3)cc1. The lowest BCUT2D eigenvalue weighted by molar-refractivity contribution is -0.150. The number of hydrogen-bond acceptors (Lipinski definition) is 5. The first-order chi connectivity index (χ1) is 15.2. The van der Waals surface area contributed by atoms with Crippen LogP contribution in [-0.2, 0) is 14.6 Å². The van der Waals surface area contributed by atoms with Crippen molar-refractivity contribution in [1.29, 1.82) is 0 Å². The Kier molecular flexibility index (Phi) is 6.43. The molecular weight excluding hydrogens is 424 g/mol. The fourth-order valence-electron chi connectivity index (χ4n) is 5.47. The molecule has 0 radical (unpaired) electrons. The molecule has 1 aromatic carbocycles. The van der Waals surface area contributed by atoms with Gasteiger partial charge in [0.2, 0.25) is 5.91 Å². The zero-order chi connectivity index (χ0) is 23.0. The van der Waals surface area contributed by atoms with E-state index in [4.69, 9.17) is 10.5 Å². The lowest BCUT2D eigenvalue weighted by atomic mass is 9.54. The molecular formula is C25H36N2O4S. The van der Waals surface area contributed by atoms with Crippen LogP contribution < -0.4 is 10.5 Å². The van der Waals surface area contributed by atoms with Gasteiger partial charge in [-0.25, -0.2) is 8.42 Å². The normalized spacial score (nSPS) is 27.9. The van der Waals surface area contributed by atoms with E-state index >= 15 is 0 Å². The van der Waals surface area contributed by atoms with Crippen molar-refractivity contribution in [3.8, 4) is 5.75 Å². The van der Waals surface area contributed by atoms with Crippen molar-refractivity contribution in [2.45, 2.75) is 69.2 Å². The minimum atomic E-state index is -3.41. The average molecular weight is 461 g/mol. The fourth-order valence-corrected chi connectivity index (χ4v) is 7.42. The number of ether oxygens (including phenoxy) is 1. The van der Waals surface area contributed by atoms with Crippen molar-refractivity contribution in [2.24, 2.45) is 16.6 Å². The Hall–Kier alpha value is -1.86. The third-order valence-electron chi connectivity index (χ3n) is 8.04. The van der Waals surface area contributed by atoms with Crippen LogP contribution >= 0.6 is 0 Å². The van der Waals surface area contributed by atoms with Crippen LogP contribution in [0.5, 0.6) is 5.75 Å². The van der Waals surface area contributed by atoms with Crippen LogP contribution in [0.4, 0.5) is 0 Å². The molecule has 4 aliphatic rings. The summed E-state index contributed by atoms with van der Waals surface area (Å²) in [6.45, 7) is 2.76. The number of benzene rings is 1. The molecule has 4 fully saturated rings. The molecule has 6 nitrogen and oxygen atoms in total. The molecule has 176 valence electrons. The highest BCUT2D eigenvalue weighted by atomic mass is 32.2. The van der Waals surface area contributed by atoms with Gasteiger partial charge in [-0.05, 0) is 93.5 Å². The number of nitrogens with zero attached hydrogens (tertiary/aromatic N) is 1. The van der Waals surface area contributed by atoms with Crippen molar-refractivity contribution in [3.05, 3.63) is 35.9 Å². The molecule has 0 saturated heterocycles. The number of carbonyl (C=O) groups is 1. The molecule has 7 heteroatoms. The second-order valence-corrected chi connectivity index (χ2v) is 12.1. The standard InChI is InChI=1S/C25H36N2O4S/c1-3-19(16-26)17-31-21-6-8-22(9-7-21)32(29,30)18-24-10-13-25(14-11-24,15-12-24)23(28)27(2)20-4-5-20/h3,6-9,20H,4-5,10-18,26H2,1-2H3/b19-3+. The van der Waals surface area contributed by atoms with Crippen LogP contribution in [0.15, 0.2) is 40.8 Å². The minimum absolute atomic E-state index is 0.166. The van der Waals surface area contributed by atoms with E-state index in [2.05, 4.69) is 0 Å². The van der Waals surface area contributed by atoms with Gasteiger partial charge >= 0.3 is 0 Å². The van der Waals surface area contributed by atoms with Gasteiger partial charge < -0.3 is 15.4 Å². The molecule has 32 heavy (non-hydrogen) atoms. The first-order valence-electron chi connectivity index (χ1n) is 11.8. The van der Waals surface area contributed by atoms with Gasteiger partial charge in [-0.1, -0.05) is 6.08 Å². The molecule has 0 atom stereocenters. The van der Waals surface area contributed by atoms with Crippen molar-refractivity contribution in [3.63, 3.8) is 0 Å². The number of fused-ring (bicyclic) bond motifs is 3. The summed E-state index contributed by atoms with van der Waals surface area (Å²) in [5, 5.41) is 0. The molecule has 0 spiro atoms. The van der Waals surface area contributed by atoms with E-state index < -0.39 is 9.84 Å². The number of carbonyl (C=O) groups excluding carboxylic acids is 1. The van der Waals surface area contributed by atoms with Crippen molar-refractivity contribution in [2.75, 3.05) is 26.0 Å². The van der Waals surface area contributed by atoms with Crippen molar-refractivity contribution >= 4 is 15.7 Å². The third kappa shape index (κ3) is 4.60. The molecule has 0 aromatic heterocycles. The fraction of sp³-hybridized carbons (Fsp3) is 0.640. The van der Waals surface area contributed by atoms with E-state index in [1.165, 1.54) is 0 Å². The van der Waals surface area contributed by atoms with Crippen LogP contribution in [0.1, 0.15) is 58.3 Å². The number of nitrogens with two attached hydrogens (primary N) is 1. The highest BCUT2D eigenvalue weighted by molar-refractivity contribution is 7.91. The second kappa shape index (κ2) is 8.82. The Morgan fingerprint density at radius 1 is 1.12 bits per heavy atom. The predicted molar refractivity (Wildman–Crippen MR) is 125 cm³/mol. The molecule has 4 aliphatic carbocycles. The van der Waals surface area contributed by atoms with Crippen molar-refractivity contribution < 1.29 is 17.9 Å². The maximum Gasteiger partial charge on any atom is 0.228 e. The first-order valence-corrected chi connectivity index (χ1v) is 13.4. The lowest BCUT2D eigenvalue weighted by Crippen LogP contribution is -2.52. The zero-order valence-corrected chi connectivity index (χ0v) is 20.1. The molecule has 2 N–H and O–H groups in total. The topological polar surface area (TPSA) is 89.7 Å². The Morgan fingerprint density at radius 2 is 1.72 bits per heavy atom. The van der Waals surface area contributed by atoms with E-state index in [0.29, 0.717) is 35.7 Å². The molecule has 4 saturated carbocycles. The summed E-state index contributed by atoms with van der Waals surface area (Å²) in [5.74, 6) is 1.09. The summed E-state index contributed by atoms with van der Waals surface area (Å²) < 4.78 is 32.2. The van der Waals surface area contributed by atoms with Gasteiger partial charge in [0.25, 0.3) is 0 Å². The smallest absolute Gasteiger partial charge is 0.228 e. The van der Waals surface area contributed by atoms with Crippen LogP contribution in [0.25, 0.3) is 0 Å². The zero-order valence-electron chi connectivity index (χ0n) is 19.3. The van der Waals surface area contributed by atoms with E-state index in [9.17, 15) is 13.2 Å². The number of sulfone groups is 1.